The normalized spacial score (nSPS) is 10.4. The number of benzene rings is 1. The number of amides is 1. The van der Waals surface area contributed by atoms with E-state index >= 15 is 0 Å². The molecule has 5 heteroatoms. The predicted molar refractivity (Wildman–Crippen MR) is 93.9 cm³/mol. The first-order valence-corrected chi connectivity index (χ1v) is 8.10. The first-order chi connectivity index (χ1) is 12.2. The molecule has 0 spiro atoms. The van der Waals surface area contributed by atoms with E-state index < -0.39 is 0 Å². The Balaban J connectivity index is 1.66. The molecule has 0 N–H and O–H groups in total. The van der Waals surface area contributed by atoms with E-state index in [1.807, 2.05) is 61.5 Å². The molecule has 3 rings (SSSR count). The summed E-state index contributed by atoms with van der Waals surface area (Å²) in [4.78, 5) is 18.6. The number of furan rings is 1. The molecule has 0 radical (unpaired) electrons. The summed E-state index contributed by atoms with van der Waals surface area (Å²) in [6, 6.07) is 16.9. The Morgan fingerprint density at radius 3 is 2.60 bits per heavy atom. The fraction of sp³-hybridized carbons (Fsp3) is 0.200. The molecule has 128 valence electrons. The van der Waals surface area contributed by atoms with Gasteiger partial charge in [0.2, 0.25) is 0 Å². The molecule has 0 aliphatic heterocycles. The highest BCUT2D eigenvalue weighted by Crippen LogP contribution is 2.13. The number of carbonyl (C=O) groups is 1. The largest absolute Gasteiger partial charge is 0.484 e. The molecule has 0 atom stereocenters. The van der Waals surface area contributed by atoms with E-state index in [0.717, 1.165) is 17.0 Å². The Hall–Kier alpha value is -3.08. The van der Waals surface area contributed by atoms with Crippen LogP contribution in [-0.4, -0.2) is 22.4 Å². The molecule has 1 aromatic carbocycles. The second-order valence-electron chi connectivity index (χ2n) is 5.75. The Bertz CT molecular complexity index is 784. The van der Waals surface area contributed by atoms with Crippen molar-refractivity contribution >= 4 is 5.91 Å². The van der Waals surface area contributed by atoms with E-state index in [1.54, 1.807) is 17.4 Å². The molecular formula is C20H20N2O3. The number of nitrogens with zero attached hydrogens (tertiary/aromatic N) is 2. The Morgan fingerprint density at radius 2 is 1.92 bits per heavy atom. The van der Waals surface area contributed by atoms with Crippen LogP contribution in [-0.2, 0) is 17.9 Å². The summed E-state index contributed by atoms with van der Waals surface area (Å²) >= 11 is 0. The maximum Gasteiger partial charge on any atom is 0.261 e. The number of pyridine rings is 1. The molecule has 0 unspecified atom stereocenters. The minimum atomic E-state index is -0.123. The molecule has 3 aromatic rings. The van der Waals surface area contributed by atoms with Crippen molar-refractivity contribution in [1.29, 1.82) is 0 Å². The standard InChI is InChI=1S/C20H20N2O3/c1-16-7-9-18(10-8-16)25-15-20(23)22(14-19-6-4-12-24-19)13-17-5-2-3-11-21-17/h2-12H,13-15H2,1H3. The van der Waals surface area contributed by atoms with Gasteiger partial charge >= 0.3 is 0 Å². The lowest BCUT2D eigenvalue weighted by Gasteiger charge is -2.21. The van der Waals surface area contributed by atoms with Crippen molar-refractivity contribution in [2.75, 3.05) is 6.61 Å². The maximum atomic E-state index is 12.6. The highest BCUT2D eigenvalue weighted by atomic mass is 16.5. The lowest BCUT2D eigenvalue weighted by molar-refractivity contribution is -0.135. The van der Waals surface area contributed by atoms with E-state index in [9.17, 15) is 4.79 Å². The predicted octanol–water partition coefficient (Wildman–Crippen LogP) is 3.59. The summed E-state index contributed by atoms with van der Waals surface area (Å²) in [5, 5.41) is 0. The Kier molecular flexibility index (Phi) is 5.46. The molecule has 2 heterocycles. The van der Waals surface area contributed by atoms with Crippen molar-refractivity contribution in [3.63, 3.8) is 0 Å². The van der Waals surface area contributed by atoms with E-state index in [4.69, 9.17) is 9.15 Å². The van der Waals surface area contributed by atoms with Crippen molar-refractivity contribution in [2.45, 2.75) is 20.0 Å². The smallest absolute Gasteiger partial charge is 0.261 e. The van der Waals surface area contributed by atoms with Gasteiger partial charge < -0.3 is 14.1 Å². The van der Waals surface area contributed by atoms with Crippen molar-refractivity contribution in [1.82, 2.24) is 9.88 Å². The molecule has 1 amide bonds. The molecule has 2 aromatic heterocycles. The molecule has 0 bridgehead atoms. The van der Waals surface area contributed by atoms with Gasteiger partial charge in [-0.25, -0.2) is 0 Å². The molecule has 0 saturated heterocycles. The zero-order valence-electron chi connectivity index (χ0n) is 14.1. The van der Waals surface area contributed by atoms with Crippen molar-refractivity contribution in [3.05, 3.63) is 84.1 Å². The lowest BCUT2D eigenvalue weighted by atomic mass is 10.2. The van der Waals surface area contributed by atoms with Gasteiger partial charge in [-0.3, -0.25) is 9.78 Å². The lowest BCUT2D eigenvalue weighted by Crippen LogP contribution is -2.34. The molecule has 0 aliphatic carbocycles. The third kappa shape index (κ3) is 4.94. The summed E-state index contributed by atoms with van der Waals surface area (Å²) in [5.41, 5.74) is 1.96. The SMILES string of the molecule is Cc1ccc(OCC(=O)N(Cc2ccccn2)Cc2ccco2)cc1. The van der Waals surface area contributed by atoms with Gasteiger partial charge in [0, 0.05) is 6.20 Å². The Labute approximate surface area is 146 Å². The van der Waals surface area contributed by atoms with Crippen LogP contribution in [0.5, 0.6) is 5.75 Å². The average molecular weight is 336 g/mol. The van der Waals surface area contributed by atoms with Gasteiger partial charge in [-0.15, -0.1) is 0 Å². The van der Waals surface area contributed by atoms with Crippen LogP contribution in [0.1, 0.15) is 17.0 Å². The number of aromatic nitrogens is 1. The number of ether oxygens (including phenoxy) is 1. The zero-order chi connectivity index (χ0) is 17.5. The first kappa shape index (κ1) is 16.8. The second-order valence-corrected chi connectivity index (χ2v) is 5.75. The third-order valence-electron chi connectivity index (χ3n) is 3.74. The monoisotopic (exact) mass is 336 g/mol. The van der Waals surface area contributed by atoms with Crippen LogP contribution in [0.2, 0.25) is 0 Å². The van der Waals surface area contributed by atoms with E-state index in [-0.39, 0.29) is 12.5 Å². The van der Waals surface area contributed by atoms with Crippen LogP contribution in [0, 0.1) is 6.92 Å². The van der Waals surface area contributed by atoms with Crippen molar-refractivity contribution in [3.8, 4) is 5.75 Å². The molecule has 0 aliphatic rings. The molecule has 0 saturated carbocycles. The second kappa shape index (κ2) is 8.15. The van der Waals surface area contributed by atoms with Gasteiger partial charge in [0.15, 0.2) is 6.61 Å². The van der Waals surface area contributed by atoms with Crippen LogP contribution in [0.3, 0.4) is 0 Å². The van der Waals surface area contributed by atoms with E-state index in [0.29, 0.717) is 18.8 Å². The van der Waals surface area contributed by atoms with Gasteiger partial charge in [0.05, 0.1) is 25.0 Å². The van der Waals surface area contributed by atoms with Crippen LogP contribution >= 0.6 is 0 Å². The molecule has 0 fully saturated rings. The zero-order valence-corrected chi connectivity index (χ0v) is 14.1. The van der Waals surface area contributed by atoms with Crippen LogP contribution in [0.15, 0.2) is 71.5 Å². The van der Waals surface area contributed by atoms with Gasteiger partial charge in [-0.1, -0.05) is 23.8 Å². The average Bonchev–Trinajstić information content (AvgIpc) is 3.14. The molecule has 25 heavy (non-hydrogen) atoms. The van der Waals surface area contributed by atoms with Crippen molar-refractivity contribution < 1.29 is 13.9 Å². The number of aryl methyl sites for hydroxylation is 1. The summed E-state index contributed by atoms with van der Waals surface area (Å²) in [7, 11) is 0. The van der Waals surface area contributed by atoms with E-state index in [1.165, 1.54) is 0 Å². The van der Waals surface area contributed by atoms with Crippen LogP contribution in [0.4, 0.5) is 0 Å². The maximum absolute atomic E-state index is 12.6. The fourth-order valence-electron chi connectivity index (χ4n) is 2.38. The summed E-state index contributed by atoms with van der Waals surface area (Å²) in [6.07, 6.45) is 3.31. The number of hydrogen-bond donors (Lipinski definition) is 0. The number of hydrogen-bond acceptors (Lipinski definition) is 4. The first-order valence-electron chi connectivity index (χ1n) is 8.10. The third-order valence-corrected chi connectivity index (χ3v) is 3.74. The minimum absolute atomic E-state index is 0.0311. The highest BCUT2D eigenvalue weighted by molar-refractivity contribution is 5.77. The van der Waals surface area contributed by atoms with Crippen LogP contribution < -0.4 is 4.74 Å². The summed E-state index contributed by atoms with van der Waals surface area (Å²) in [6.45, 7) is 2.75. The summed E-state index contributed by atoms with van der Waals surface area (Å²) < 4.78 is 11.0. The molecular weight excluding hydrogens is 316 g/mol. The quantitative estimate of drug-likeness (QED) is 0.661. The topological polar surface area (TPSA) is 55.6 Å². The van der Waals surface area contributed by atoms with Gasteiger partial charge in [-0.05, 0) is 43.3 Å². The number of carbonyl (C=O) groups excluding carboxylic acids is 1. The highest BCUT2D eigenvalue weighted by Gasteiger charge is 2.17. The van der Waals surface area contributed by atoms with Crippen LogP contribution in [0.25, 0.3) is 0 Å². The number of rotatable bonds is 7. The van der Waals surface area contributed by atoms with Gasteiger partial charge in [-0.2, -0.15) is 0 Å². The Morgan fingerprint density at radius 1 is 1.08 bits per heavy atom. The van der Waals surface area contributed by atoms with Gasteiger partial charge in [0.25, 0.3) is 5.91 Å². The van der Waals surface area contributed by atoms with Gasteiger partial charge in [0.1, 0.15) is 11.5 Å². The van der Waals surface area contributed by atoms with E-state index in [2.05, 4.69) is 4.98 Å². The molecule has 5 nitrogen and oxygen atoms in total. The minimum Gasteiger partial charge on any atom is -0.484 e. The van der Waals surface area contributed by atoms with Crippen molar-refractivity contribution in [2.24, 2.45) is 0 Å². The summed E-state index contributed by atoms with van der Waals surface area (Å²) in [5.74, 6) is 1.27. The fourth-order valence-corrected chi connectivity index (χ4v) is 2.38.